The van der Waals surface area contributed by atoms with Crippen molar-refractivity contribution < 1.29 is 13.2 Å². The summed E-state index contributed by atoms with van der Waals surface area (Å²) in [6.45, 7) is 1.88. The van der Waals surface area contributed by atoms with E-state index in [-0.39, 0.29) is 11.7 Å². The second-order valence-electron chi connectivity index (χ2n) is 6.41. The number of carbonyl (C=O) groups is 1. The molecular formula is C20H20ClNO3S. The summed E-state index contributed by atoms with van der Waals surface area (Å²) in [4.78, 5) is 14.5. The molecule has 2 aromatic rings. The van der Waals surface area contributed by atoms with Crippen LogP contribution in [0.3, 0.4) is 0 Å². The van der Waals surface area contributed by atoms with Gasteiger partial charge < -0.3 is 4.90 Å². The predicted molar refractivity (Wildman–Crippen MR) is 105 cm³/mol. The lowest BCUT2D eigenvalue weighted by atomic mass is 10.1. The number of amides is 1. The average Bonchev–Trinajstić information content (AvgIpc) is 2.97. The van der Waals surface area contributed by atoms with Crippen LogP contribution in [0.4, 0.5) is 5.69 Å². The third-order valence-corrected chi connectivity index (χ3v) is 6.20. The molecule has 0 N–H and O–H groups in total. The average molecular weight is 390 g/mol. The number of hydrogen-bond acceptors (Lipinski definition) is 3. The van der Waals surface area contributed by atoms with Crippen LogP contribution in [0.1, 0.15) is 17.5 Å². The zero-order chi connectivity index (χ0) is 18.7. The highest BCUT2D eigenvalue weighted by Crippen LogP contribution is 2.28. The van der Waals surface area contributed by atoms with Crippen LogP contribution >= 0.6 is 11.6 Å². The second kappa shape index (κ2) is 7.64. The fourth-order valence-electron chi connectivity index (χ4n) is 2.99. The van der Waals surface area contributed by atoms with Crippen LogP contribution < -0.4 is 4.90 Å². The molecule has 0 fully saturated rings. The monoisotopic (exact) mass is 389 g/mol. The zero-order valence-corrected chi connectivity index (χ0v) is 16.0. The lowest BCUT2D eigenvalue weighted by Gasteiger charge is -2.28. The third-order valence-electron chi connectivity index (χ3n) is 4.42. The molecule has 136 valence electrons. The number of hydrogen-bond donors (Lipinski definition) is 0. The van der Waals surface area contributed by atoms with Gasteiger partial charge in [0, 0.05) is 22.5 Å². The van der Waals surface area contributed by atoms with Gasteiger partial charge in [-0.05, 0) is 42.7 Å². The van der Waals surface area contributed by atoms with Gasteiger partial charge in [-0.3, -0.25) is 4.79 Å². The van der Waals surface area contributed by atoms with E-state index in [2.05, 4.69) is 0 Å². The smallest absolute Gasteiger partial charge is 0.227 e. The van der Waals surface area contributed by atoms with Crippen molar-refractivity contribution in [2.75, 3.05) is 10.7 Å². The molecule has 6 heteroatoms. The van der Waals surface area contributed by atoms with Gasteiger partial charge in [0.15, 0.2) is 9.84 Å². The molecule has 3 rings (SSSR count). The Morgan fingerprint density at radius 3 is 2.54 bits per heavy atom. The van der Waals surface area contributed by atoms with E-state index >= 15 is 0 Å². The van der Waals surface area contributed by atoms with Gasteiger partial charge in [-0.25, -0.2) is 8.42 Å². The normalized spacial score (nSPS) is 18.0. The highest BCUT2D eigenvalue weighted by molar-refractivity contribution is 7.94. The van der Waals surface area contributed by atoms with Gasteiger partial charge >= 0.3 is 0 Å². The minimum Gasteiger partial charge on any atom is -0.304 e. The van der Waals surface area contributed by atoms with Gasteiger partial charge in [-0.2, -0.15) is 0 Å². The number of rotatable bonds is 5. The van der Waals surface area contributed by atoms with Crippen molar-refractivity contribution in [2.24, 2.45) is 0 Å². The number of aryl methyl sites for hydroxylation is 2. The Labute approximate surface area is 159 Å². The van der Waals surface area contributed by atoms with Crippen LogP contribution in [-0.2, 0) is 21.1 Å². The second-order valence-corrected chi connectivity index (χ2v) is 8.75. The summed E-state index contributed by atoms with van der Waals surface area (Å²) in [5.74, 6) is -0.226. The van der Waals surface area contributed by atoms with Crippen molar-refractivity contribution in [2.45, 2.75) is 25.8 Å². The van der Waals surface area contributed by atoms with Crippen molar-refractivity contribution in [3.63, 3.8) is 0 Å². The van der Waals surface area contributed by atoms with Gasteiger partial charge in [0.2, 0.25) is 5.91 Å². The minimum absolute atomic E-state index is 0.102. The zero-order valence-electron chi connectivity index (χ0n) is 14.4. The molecule has 1 amide bonds. The Hall–Kier alpha value is -2.11. The maximum atomic E-state index is 13.0. The Morgan fingerprint density at radius 1 is 1.19 bits per heavy atom. The van der Waals surface area contributed by atoms with Crippen molar-refractivity contribution in [1.82, 2.24) is 0 Å². The molecule has 26 heavy (non-hydrogen) atoms. The first-order chi connectivity index (χ1) is 12.4. The van der Waals surface area contributed by atoms with E-state index in [0.717, 1.165) is 11.1 Å². The summed E-state index contributed by atoms with van der Waals surface area (Å²) in [6.07, 6.45) is 2.46. The SMILES string of the molecule is Cc1ccc(N(C(=O)CCc2ccccc2)[C@@H]2C=CS(=O)(=O)C2)cc1Cl. The van der Waals surface area contributed by atoms with Crippen molar-refractivity contribution in [3.05, 3.63) is 76.2 Å². The molecule has 0 aromatic heterocycles. The summed E-state index contributed by atoms with van der Waals surface area (Å²) >= 11 is 6.22. The van der Waals surface area contributed by atoms with Crippen molar-refractivity contribution in [3.8, 4) is 0 Å². The lowest BCUT2D eigenvalue weighted by molar-refractivity contribution is -0.118. The number of nitrogens with zero attached hydrogens (tertiary/aromatic N) is 1. The number of sulfone groups is 1. The van der Waals surface area contributed by atoms with Gasteiger partial charge in [0.1, 0.15) is 0 Å². The summed E-state index contributed by atoms with van der Waals surface area (Å²) in [7, 11) is -3.27. The molecule has 1 atom stereocenters. The number of halogens is 1. The largest absolute Gasteiger partial charge is 0.304 e. The van der Waals surface area contributed by atoms with E-state index in [1.807, 2.05) is 43.3 Å². The van der Waals surface area contributed by atoms with E-state index in [0.29, 0.717) is 23.6 Å². The van der Waals surface area contributed by atoms with E-state index < -0.39 is 15.9 Å². The molecule has 0 saturated carbocycles. The van der Waals surface area contributed by atoms with Crippen LogP contribution in [0.5, 0.6) is 0 Å². The standard InChI is InChI=1S/C20H20ClNO3S/c1-15-7-9-17(13-19(15)21)22(18-11-12-26(24,25)14-18)20(23)10-8-16-5-3-2-4-6-16/h2-7,9,11-13,18H,8,10,14H2,1H3/t18-/m1/s1. The molecule has 0 unspecified atom stereocenters. The van der Waals surface area contributed by atoms with Gasteiger partial charge in [0.25, 0.3) is 0 Å². The van der Waals surface area contributed by atoms with Gasteiger partial charge in [-0.15, -0.1) is 0 Å². The summed E-state index contributed by atoms with van der Waals surface area (Å²) in [5.41, 5.74) is 2.59. The molecule has 0 radical (unpaired) electrons. The van der Waals surface area contributed by atoms with Crippen LogP contribution in [0.25, 0.3) is 0 Å². The summed E-state index contributed by atoms with van der Waals surface area (Å²) in [6, 6.07) is 14.6. The molecule has 2 aromatic carbocycles. The third kappa shape index (κ3) is 4.34. The van der Waals surface area contributed by atoms with E-state index in [4.69, 9.17) is 11.6 Å². The fourth-order valence-corrected chi connectivity index (χ4v) is 4.43. The number of benzene rings is 2. The first kappa shape index (κ1) is 18.7. The Balaban J connectivity index is 1.86. The van der Waals surface area contributed by atoms with Gasteiger partial charge in [-0.1, -0.05) is 48.0 Å². The highest BCUT2D eigenvalue weighted by Gasteiger charge is 2.31. The summed E-state index contributed by atoms with van der Waals surface area (Å²) < 4.78 is 23.7. The first-order valence-corrected chi connectivity index (χ1v) is 10.5. The molecule has 4 nitrogen and oxygen atoms in total. The van der Waals surface area contributed by atoms with Crippen LogP contribution in [0, 0.1) is 6.92 Å². The van der Waals surface area contributed by atoms with Crippen LogP contribution in [0.2, 0.25) is 5.02 Å². The van der Waals surface area contributed by atoms with Crippen LogP contribution in [0.15, 0.2) is 60.0 Å². The topological polar surface area (TPSA) is 54.5 Å². The van der Waals surface area contributed by atoms with E-state index in [9.17, 15) is 13.2 Å². The van der Waals surface area contributed by atoms with Crippen LogP contribution in [-0.4, -0.2) is 26.1 Å². The first-order valence-electron chi connectivity index (χ1n) is 8.39. The number of anilines is 1. The Kier molecular flexibility index (Phi) is 5.49. The number of carbonyl (C=O) groups excluding carboxylic acids is 1. The molecular weight excluding hydrogens is 370 g/mol. The molecule has 0 saturated heterocycles. The molecule has 1 aliphatic heterocycles. The molecule has 1 aliphatic rings. The Morgan fingerprint density at radius 2 is 1.92 bits per heavy atom. The molecule has 0 bridgehead atoms. The summed E-state index contributed by atoms with van der Waals surface area (Å²) in [5, 5.41) is 1.73. The van der Waals surface area contributed by atoms with Crippen molar-refractivity contribution >= 4 is 33.0 Å². The van der Waals surface area contributed by atoms with Crippen molar-refractivity contribution in [1.29, 1.82) is 0 Å². The quantitative estimate of drug-likeness (QED) is 0.778. The van der Waals surface area contributed by atoms with Gasteiger partial charge in [0.05, 0.1) is 11.8 Å². The predicted octanol–water partition coefficient (Wildman–Crippen LogP) is 3.92. The fraction of sp³-hybridized carbons (Fsp3) is 0.250. The lowest BCUT2D eigenvalue weighted by Crippen LogP contribution is -2.41. The molecule has 0 spiro atoms. The Bertz CT molecular complexity index is 939. The molecule has 1 heterocycles. The maximum absolute atomic E-state index is 13.0. The van der Waals surface area contributed by atoms with E-state index in [1.54, 1.807) is 23.1 Å². The maximum Gasteiger partial charge on any atom is 0.227 e. The minimum atomic E-state index is -3.27. The highest BCUT2D eigenvalue weighted by atomic mass is 35.5. The molecule has 0 aliphatic carbocycles. The van der Waals surface area contributed by atoms with E-state index in [1.165, 1.54) is 5.41 Å².